The van der Waals surface area contributed by atoms with E-state index in [1.165, 1.54) is 13.3 Å². The second kappa shape index (κ2) is 5.94. The molecule has 1 N–H and O–H groups in total. The Morgan fingerprint density at radius 3 is 2.57 bits per heavy atom. The summed E-state index contributed by atoms with van der Waals surface area (Å²) in [6, 6.07) is 9.17. The summed E-state index contributed by atoms with van der Waals surface area (Å²) in [4.78, 5) is 16.1. The molecule has 0 bridgehead atoms. The molecule has 0 radical (unpaired) electrons. The van der Waals surface area contributed by atoms with E-state index < -0.39 is 5.56 Å². The van der Waals surface area contributed by atoms with Crippen LogP contribution in [0.4, 0.5) is 5.69 Å². The lowest BCUT2D eigenvalue weighted by Crippen LogP contribution is -2.22. The summed E-state index contributed by atoms with van der Waals surface area (Å²) in [5.74, 6) is -0.211. The van der Waals surface area contributed by atoms with Crippen molar-refractivity contribution in [3.8, 4) is 11.9 Å². The van der Waals surface area contributed by atoms with Gasteiger partial charge in [-0.1, -0.05) is 15.9 Å². The first-order chi connectivity index (χ1) is 9.95. The highest BCUT2D eigenvalue weighted by Crippen LogP contribution is 2.21. The summed E-state index contributed by atoms with van der Waals surface area (Å²) >= 11 is 3.34. The van der Waals surface area contributed by atoms with Crippen molar-refractivity contribution in [2.75, 3.05) is 0 Å². The number of hydrogen-bond donors (Lipinski definition) is 1. The van der Waals surface area contributed by atoms with E-state index in [1.807, 2.05) is 18.2 Å². The average molecular weight is 346 g/mol. The number of nitriles is 1. The zero-order valence-electron chi connectivity index (χ0n) is 11.5. The van der Waals surface area contributed by atoms with Gasteiger partial charge < -0.3 is 5.11 Å². The van der Waals surface area contributed by atoms with E-state index in [4.69, 9.17) is 5.26 Å². The Labute approximate surface area is 129 Å². The van der Waals surface area contributed by atoms with Gasteiger partial charge in [0.05, 0.1) is 11.3 Å². The minimum absolute atomic E-state index is 0.00700. The van der Waals surface area contributed by atoms with Gasteiger partial charge >= 0.3 is 0 Å². The van der Waals surface area contributed by atoms with Gasteiger partial charge in [-0.05, 0) is 36.8 Å². The Kier molecular flexibility index (Phi) is 4.24. The highest BCUT2D eigenvalue weighted by Gasteiger charge is 2.15. The molecule has 5 nitrogen and oxygen atoms in total. The number of pyridine rings is 1. The maximum Gasteiger partial charge on any atom is 0.271 e. The van der Waals surface area contributed by atoms with Crippen molar-refractivity contribution < 1.29 is 5.11 Å². The Hall–Kier alpha value is -2.39. The number of halogens is 1. The van der Waals surface area contributed by atoms with E-state index >= 15 is 0 Å². The minimum atomic E-state index is -0.520. The Morgan fingerprint density at radius 1 is 1.38 bits per heavy atom. The lowest BCUT2D eigenvalue weighted by Gasteiger charge is -2.09. The molecule has 0 fully saturated rings. The molecule has 0 atom stereocenters. The summed E-state index contributed by atoms with van der Waals surface area (Å²) in [7, 11) is 1.41. The van der Waals surface area contributed by atoms with Crippen LogP contribution in [0.3, 0.4) is 0 Å². The molecule has 1 heterocycles. The summed E-state index contributed by atoms with van der Waals surface area (Å²) < 4.78 is 1.98. The van der Waals surface area contributed by atoms with E-state index in [1.54, 1.807) is 19.1 Å². The van der Waals surface area contributed by atoms with Gasteiger partial charge in [-0.2, -0.15) is 5.26 Å². The quantitative estimate of drug-likeness (QED) is 0.850. The second-order valence-corrected chi connectivity index (χ2v) is 5.36. The number of rotatable bonds is 2. The van der Waals surface area contributed by atoms with Crippen LogP contribution >= 0.6 is 15.9 Å². The summed E-state index contributed by atoms with van der Waals surface area (Å²) in [6.45, 7) is 1.61. The monoisotopic (exact) mass is 345 g/mol. The van der Waals surface area contributed by atoms with Crippen LogP contribution in [-0.2, 0) is 7.05 Å². The molecule has 0 saturated heterocycles. The molecule has 1 aromatic carbocycles. The topological polar surface area (TPSA) is 78.4 Å². The Balaban J connectivity index is 2.55. The fourth-order valence-corrected chi connectivity index (χ4v) is 2.12. The lowest BCUT2D eigenvalue weighted by molar-refractivity contribution is 0.421. The van der Waals surface area contributed by atoms with E-state index in [9.17, 15) is 9.90 Å². The van der Waals surface area contributed by atoms with Gasteiger partial charge in [0, 0.05) is 17.7 Å². The molecule has 0 aliphatic heterocycles. The first-order valence-corrected chi connectivity index (χ1v) is 6.87. The van der Waals surface area contributed by atoms with Gasteiger partial charge in [0.15, 0.2) is 0 Å². The molecule has 0 aliphatic rings. The number of hydrogen-bond acceptors (Lipinski definition) is 4. The predicted molar refractivity (Wildman–Crippen MR) is 84.2 cm³/mol. The van der Waals surface area contributed by atoms with Crippen molar-refractivity contribution in [2.24, 2.45) is 12.0 Å². The van der Waals surface area contributed by atoms with Crippen LogP contribution in [0, 0.1) is 18.3 Å². The van der Waals surface area contributed by atoms with Crippen LogP contribution in [0.15, 0.2) is 38.5 Å². The average Bonchev–Trinajstić information content (AvgIpc) is 2.47. The predicted octanol–water partition coefficient (Wildman–Crippen LogP) is 2.78. The van der Waals surface area contributed by atoms with Crippen molar-refractivity contribution in [2.45, 2.75) is 6.92 Å². The third-order valence-corrected chi connectivity index (χ3v) is 3.67. The highest BCUT2D eigenvalue weighted by molar-refractivity contribution is 9.10. The summed E-state index contributed by atoms with van der Waals surface area (Å²) in [5, 5.41) is 19.1. The number of benzene rings is 1. The van der Waals surface area contributed by atoms with Crippen LogP contribution in [0.25, 0.3) is 0 Å². The third kappa shape index (κ3) is 2.88. The van der Waals surface area contributed by atoms with Gasteiger partial charge in [0.25, 0.3) is 5.56 Å². The van der Waals surface area contributed by atoms with Gasteiger partial charge in [-0.25, -0.2) is 0 Å². The number of aromatic nitrogens is 1. The zero-order chi connectivity index (χ0) is 15.6. The Morgan fingerprint density at radius 2 is 2.00 bits per heavy atom. The molecule has 0 spiro atoms. The first-order valence-electron chi connectivity index (χ1n) is 6.08. The normalized spacial score (nSPS) is 10.8. The van der Waals surface area contributed by atoms with Crippen molar-refractivity contribution >= 4 is 27.8 Å². The van der Waals surface area contributed by atoms with Crippen LogP contribution in [0.5, 0.6) is 5.88 Å². The molecule has 2 rings (SSSR count). The third-order valence-electron chi connectivity index (χ3n) is 3.14. The molecule has 2 aromatic rings. The van der Waals surface area contributed by atoms with Crippen molar-refractivity contribution in [3.63, 3.8) is 0 Å². The number of nitrogens with zero attached hydrogens (tertiary/aromatic N) is 3. The lowest BCUT2D eigenvalue weighted by atomic mass is 10.1. The number of aromatic hydroxyl groups is 1. The van der Waals surface area contributed by atoms with Gasteiger partial charge in [-0.15, -0.1) is 0 Å². The maximum atomic E-state index is 11.8. The molecule has 1 aromatic heterocycles. The molecule has 0 saturated carbocycles. The molecular weight excluding hydrogens is 334 g/mol. The van der Waals surface area contributed by atoms with Crippen LogP contribution in [-0.4, -0.2) is 15.9 Å². The molecule has 6 heteroatoms. The minimum Gasteiger partial charge on any atom is -0.494 e. The van der Waals surface area contributed by atoms with Crippen LogP contribution in [0.2, 0.25) is 0 Å². The fraction of sp³-hybridized carbons (Fsp3) is 0.133. The van der Waals surface area contributed by atoms with E-state index in [0.717, 1.165) is 9.04 Å². The van der Waals surface area contributed by atoms with Crippen LogP contribution in [0.1, 0.15) is 16.7 Å². The SMILES string of the molecule is Cc1c(C=Nc2ccc(Br)cc2)c(O)n(C)c(=O)c1C#N. The Bertz CT molecular complexity index is 815. The second-order valence-electron chi connectivity index (χ2n) is 4.45. The molecule has 0 aliphatic carbocycles. The molecular formula is C15H12BrN3O2. The van der Waals surface area contributed by atoms with Crippen molar-refractivity contribution in [1.82, 2.24) is 4.57 Å². The van der Waals surface area contributed by atoms with E-state index in [0.29, 0.717) is 16.8 Å². The van der Waals surface area contributed by atoms with Gasteiger partial charge in [0.2, 0.25) is 5.88 Å². The maximum absolute atomic E-state index is 11.8. The van der Waals surface area contributed by atoms with Crippen LogP contribution < -0.4 is 5.56 Å². The van der Waals surface area contributed by atoms with Crippen molar-refractivity contribution in [1.29, 1.82) is 5.26 Å². The van der Waals surface area contributed by atoms with E-state index in [-0.39, 0.29) is 11.4 Å². The fourth-order valence-electron chi connectivity index (χ4n) is 1.86. The molecule has 0 amide bonds. The van der Waals surface area contributed by atoms with Gasteiger partial charge in [0.1, 0.15) is 11.6 Å². The highest BCUT2D eigenvalue weighted by atomic mass is 79.9. The largest absolute Gasteiger partial charge is 0.494 e. The number of aliphatic imine (C=N–C) groups is 1. The van der Waals surface area contributed by atoms with E-state index in [2.05, 4.69) is 20.9 Å². The van der Waals surface area contributed by atoms with Gasteiger partial charge in [-0.3, -0.25) is 14.4 Å². The first kappa shape index (κ1) is 15.0. The molecule has 0 unspecified atom stereocenters. The van der Waals surface area contributed by atoms with Crippen molar-refractivity contribution in [3.05, 3.63) is 55.8 Å². The standard InChI is InChI=1S/C15H12BrN3O2/c1-9-12(7-17)14(20)19(2)15(21)13(9)8-18-11-5-3-10(16)4-6-11/h3-6,8,21H,1-2H3. The molecule has 106 valence electrons. The smallest absolute Gasteiger partial charge is 0.271 e. The zero-order valence-corrected chi connectivity index (χ0v) is 13.0. The summed E-state index contributed by atoms with van der Waals surface area (Å²) in [5.41, 5.74) is 0.959. The molecule has 21 heavy (non-hydrogen) atoms. The summed E-state index contributed by atoms with van der Waals surface area (Å²) in [6.07, 6.45) is 1.45.